The molecule has 1 aromatic heterocycles. The Morgan fingerprint density at radius 1 is 1.53 bits per heavy atom. The third-order valence-electron chi connectivity index (χ3n) is 1.72. The molecule has 0 spiro atoms. The Balaban J connectivity index is 2.34. The van der Waals surface area contributed by atoms with Gasteiger partial charge in [0, 0.05) is 0 Å². The zero-order valence-corrected chi connectivity index (χ0v) is 9.34. The van der Waals surface area contributed by atoms with Crippen LogP contribution in [0.1, 0.15) is 13.3 Å². The Kier molecular flexibility index (Phi) is 5.07. The quantitative estimate of drug-likeness (QED) is 0.595. The van der Waals surface area contributed by atoms with Crippen molar-refractivity contribution in [3.63, 3.8) is 0 Å². The van der Waals surface area contributed by atoms with Crippen LogP contribution in [0, 0.1) is 0 Å². The first-order valence-electron chi connectivity index (χ1n) is 4.84. The summed E-state index contributed by atoms with van der Waals surface area (Å²) in [5, 5.41) is 6.13. The van der Waals surface area contributed by atoms with Crippen molar-refractivity contribution in [2.24, 2.45) is 0 Å². The van der Waals surface area contributed by atoms with E-state index >= 15 is 0 Å². The van der Waals surface area contributed by atoms with E-state index in [0.29, 0.717) is 17.4 Å². The first-order valence-corrected chi connectivity index (χ1v) is 5.22. The molecule has 0 saturated carbocycles. The molecule has 1 amide bonds. The number of nitrogens with zero attached hydrogens (tertiary/aromatic N) is 1. The van der Waals surface area contributed by atoms with Crippen LogP contribution in [-0.4, -0.2) is 24.0 Å². The average Bonchev–Trinajstić information content (AvgIpc) is 2.22. The maximum absolute atomic E-state index is 11.3. The largest absolute Gasteiger partial charge is 0.324 e. The van der Waals surface area contributed by atoms with Gasteiger partial charge in [-0.05, 0) is 25.1 Å². The number of amides is 1. The molecule has 5 heteroatoms. The van der Waals surface area contributed by atoms with Gasteiger partial charge in [-0.2, -0.15) is 0 Å². The molecule has 15 heavy (non-hydrogen) atoms. The minimum atomic E-state index is -0.0763. The Morgan fingerprint density at radius 3 is 2.93 bits per heavy atom. The summed E-state index contributed by atoms with van der Waals surface area (Å²) in [5.74, 6) is -0.0763. The second kappa shape index (κ2) is 6.37. The summed E-state index contributed by atoms with van der Waals surface area (Å²) < 4.78 is 0. The number of aromatic nitrogens is 1. The molecule has 1 aromatic rings. The standard InChI is InChI=1S/C10H14ClN3O/c1-2-5-12-7-10(15)14-8-3-4-9(11)13-6-8/h3-4,6,12H,2,5,7H2,1H3,(H,14,15). The molecular formula is C10H14ClN3O. The molecule has 1 rings (SSSR count). The van der Waals surface area contributed by atoms with Crippen molar-refractivity contribution >= 4 is 23.2 Å². The zero-order chi connectivity index (χ0) is 11.1. The molecular weight excluding hydrogens is 214 g/mol. The van der Waals surface area contributed by atoms with Crippen molar-refractivity contribution < 1.29 is 4.79 Å². The highest BCUT2D eigenvalue weighted by Gasteiger charge is 2.01. The fourth-order valence-electron chi connectivity index (χ4n) is 1.03. The van der Waals surface area contributed by atoms with Crippen molar-refractivity contribution in [3.05, 3.63) is 23.5 Å². The number of rotatable bonds is 5. The fraction of sp³-hybridized carbons (Fsp3) is 0.400. The zero-order valence-electron chi connectivity index (χ0n) is 8.59. The lowest BCUT2D eigenvalue weighted by Crippen LogP contribution is -2.28. The summed E-state index contributed by atoms with van der Waals surface area (Å²) in [7, 11) is 0. The Hall–Kier alpha value is -1.13. The van der Waals surface area contributed by atoms with Gasteiger partial charge in [-0.25, -0.2) is 4.98 Å². The number of anilines is 1. The van der Waals surface area contributed by atoms with Crippen LogP contribution in [0.5, 0.6) is 0 Å². The van der Waals surface area contributed by atoms with Crippen molar-refractivity contribution in [1.29, 1.82) is 0 Å². The topological polar surface area (TPSA) is 54.0 Å². The molecule has 0 aliphatic carbocycles. The van der Waals surface area contributed by atoms with Crippen LogP contribution in [0.3, 0.4) is 0 Å². The van der Waals surface area contributed by atoms with E-state index in [-0.39, 0.29) is 5.91 Å². The summed E-state index contributed by atoms with van der Waals surface area (Å²) in [6.45, 7) is 3.21. The van der Waals surface area contributed by atoms with Crippen LogP contribution < -0.4 is 10.6 Å². The first-order chi connectivity index (χ1) is 7.22. The lowest BCUT2D eigenvalue weighted by atomic mass is 10.4. The summed E-state index contributed by atoms with van der Waals surface area (Å²) >= 11 is 5.61. The van der Waals surface area contributed by atoms with Gasteiger partial charge in [0.1, 0.15) is 5.15 Å². The Morgan fingerprint density at radius 2 is 2.33 bits per heavy atom. The number of hydrogen-bond acceptors (Lipinski definition) is 3. The molecule has 0 unspecified atom stereocenters. The molecule has 82 valence electrons. The van der Waals surface area contributed by atoms with Gasteiger partial charge in [0.15, 0.2) is 0 Å². The van der Waals surface area contributed by atoms with Gasteiger partial charge in [0.05, 0.1) is 18.4 Å². The van der Waals surface area contributed by atoms with Crippen molar-refractivity contribution in [2.75, 3.05) is 18.4 Å². The molecule has 0 aromatic carbocycles. The van der Waals surface area contributed by atoms with Gasteiger partial charge in [-0.3, -0.25) is 4.79 Å². The van der Waals surface area contributed by atoms with Crippen LogP contribution in [0.2, 0.25) is 5.15 Å². The minimum Gasteiger partial charge on any atom is -0.324 e. The summed E-state index contributed by atoms with van der Waals surface area (Å²) in [6, 6.07) is 3.35. The lowest BCUT2D eigenvalue weighted by molar-refractivity contribution is -0.115. The third-order valence-corrected chi connectivity index (χ3v) is 1.95. The fourth-order valence-corrected chi connectivity index (χ4v) is 1.15. The molecule has 0 fully saturated rings. The van der Waals surface area contributed by atoms with E-state index in [4.69, 9.17) is 11.6 Å². The third kappa shape index (κ3) is 4.76. The van der Waals surface area contributed by atoms with Gasteiger partial charge < -0.3 is 10.6 Å². The van der Waals surface area contributed by atoms with Gasteiger partial charge in [0.25, 0.3) is 0 Å². The number of pyridine rings is 1. The molecule has 2 N–H and O–H groups in total. The maximum Gasteiger partial charge on any atom is 0.238 e. The second-order valence-corrected chi connectivity index (χ2v) is 3.48. The van der Waals surface area contributed by atoms with Gasteiger partial charge in [0.2, 0.25) is 5.91 Å². The van der Waals surface area contributed by atoms with Crippen LogP contribution in [0.15, 0.2) is 18.3 Å². The first kappa shape index (κ1) is 11.9. The highest BCUT2D eigenvalue weighted by Crippen LogP contribution is 2.08. The van der Waals surface area contributed by atoms with E-state index in [2.05, 4.69) is 15.6 Å². The van der Waals surface area contributed by atoms with Crippen molar-refractivity contribution in [2.45, 2.75) is 13.3 Å². The van der Waals surface area contributed by atoms with Gasteiger partial charge in [-0.1, -0.05) is 18.5 Å². The van der Waals surface area contributed by atoms with E-state index in [1.807, 2.05) is 6.92 Å². The summed E-state index contributed by atoms with van der Waals surface area (Å²) in [4.78, 5) is 15.2. The molecule has 0 radical (unpaired) electrons. The van der Waals surface area contributed by atoms with E-state index in [1.54, 1.807) is 12.1 Å². The Labute approximate surface area is 94.0 Å². The van der Waals surface area contributed by atoms with E-state index < -0.39 is 0 Å². The number of carbonyl (C=O) groups is 1. The smallest absolute Gasteiger partial charge is 0.238 e. The maximum atomic E-state index is 11.3. The predicted molar refractivity (Wildman–Crippen MR) is 61.0 cm³/mol. The van der Waals surface area contributed by atoms with E-state index in [1.165, 1.54) is 6.20 Å². The molecule has 4 nitrogen and oxygen atoms in total. The highest BCUT2D eigenvalue weighted by atomic mass is 35.5. The van der Waals surface area contributed by atoms with Crippen molar-refractivity contribution in [3.8, 4) is 0 Å². The minimum absolute atomic E-state index is 0.0763. The van der Waals surface area contributed by atoms with Crippen LogP contribution in [-0.2, 0) is 4.79 Å². The molecule has 0 bridgehead atoms. The molecule has 0 saturated heterocycles. The number of nitrogens with one attached hydrogen (secondary N) is 2. The lowest BCUT2D eigenvalue weighted by Gasteiger charge is -2.05. The van der Waals surface area contributed by atoms with Gasteiger partial charge in [-0.15, -0.1) is 0 Å². The molecule has 0 aliphatic rings. The van der Waals surface area contributed by atoms with Gasteiger partial charge >= 0.3 is 0 Å². The van der Waals surface area contributed by atoms with Crippen molar-refractivity contribution in [1.82, 2.24) is 10.3 Å². The number of hydrogen-bond donors (Lipinski definition) is 2. The normalized spacial score (nSPS) is 10.0. The predicted octanol–water partition coefficient (Wildman–Crippen LogP) is 1.67. The number of halogens is 1. The monoisotopic (exact) mass is 227 g/mol. The van der Waals surface area contributed by atoms with E-state index in [9.17, 15) is 4.79 Å². The summed E-state index contributed by atoms with van der Waals surface area (Å²) in [6.07, 6.45) is 2.54. The Bertz CT molecular complexity index is 313. The second-order valence-electron chi connectivity index (χ2n) is 3.09. The summed E-state index contributed by atoms with van der Waals surface area (Å²) in [5.41, 5.74) is 0.655. The van der Waals surface area contributed by atoms with Crippen LogP contribution in [0.4, 0.5) is 5.69 Å². The molecule has 1 heterocycles. The van der Waals surface area contributed by atoms with Crippen LogP contribution in [0.25, 0.3) is 0 Å². The van der Waals surface area contributed by atoms with E-state index in [0.717, 1.165) is 13.0 Å². The number of carbonyl (C=O) groups excluding carboxylic acids is 1. The molecule has 0 atom stereocenters. The SMILES string of the molecule is CCCNCC(=O)Nc1ccc(Cl)nc1. The molecule has 0 aliphatic heterocycles. The highest BCUT2D eigenvalue weighted by molar-refractivity contribution is 6.29. The average molecular weight is 228 g/mol. The van der Waals surface area contributed by atoms with Crippen LogP contribution >= 0.6 is 11.6 Å².